The van der Waals surface area contributed by atoms with Crippen LogP contribution in [0.1, 0.15) is 54.2 Å². The second-order valence-electron chi connectivity index (χ2n) is 6.96. The lowest BCUT2D eigenvalue weighted by Gasteiger charge is -2.43. The predicted octanol–water partition coefficient (Wildman–Crippen LogP) is 5.47. The summed E-state index contributed by atoms with van der Waals surface area (Å²) in [6, 6.07) is 11.8. The fourth-order valence-corrected chi connectivity index (χ4v) is 5.03. The van der Waals surface area contributed by atoms with E-state index in [-0.39, 0.29) is 0 Å². The number of fused-ring (bicyclic) bond motifs is 3. The molecule has 0 amide bonds. The van der Waals surface area contributed by atoms with E-state index < -0.39 is 0 Å². The van der Waals surface area contributed by atoms with Gasteiger partial charge in [-0.1, -0.05) is 25.0 Å². The number of phenols is 2. The molecule has 2 N–H and O–H groups in total. The van der Waals surface area contributed by atoms with Gasteiger partial charge in [-0.2, -0.15) is 0 Å². The van der Waals surface area contributed by atoms with Crippen LogP contribution >= 0.6 is 15.9 Å². The Labute approximate surface area is 145 Å². The minimum absolute atomic E-state index is 0.331. The van der Waals surface area contributed by atoms with Crippen molar-refractivity contribution in [2.45, 2.75) is 43.9 Å². The molecule has 3 atom stereocenters. The summed E-state index contributed by atoms with van der Waals surface area (Å²) in [5.41, 5.74) is 4.04. The Morgan fingerprint density at radius 3 is 2.43 bits per heavy atom. The lowest BCUT2D eigenvalue weighted by Crippen LogP contribution is -2.30. The monoisotopic (exact) mass is 372 g/mol. The number of rotatable bonds is 1. The van der Waals surface area contributed by atoms with Crippen LogP contribution in [0.5, 0.6) is 11.5 Å². The molecule has 1 fully saturated rings. The molecular formula is C20H21BrO2. The maximum Gasteiger partial charge on any atom is 0.130 e. The second-order valence-corrected chi connectivity index (χ2v) is 7.81. The Kier molecular flexibility index (Phi) is 3.84. The smallest absolute Gasteiger partial charge is 0.130 e. The molecule has 0 saturated heterocycles. The van der Waals surface area contributed by atoms with Crippen molar-refractivity contribution in [2.75, 3.05) is 0 Å². The summed E-state index contributed by atoms with van der Waals surface area (Å²) in [7, 11) is 0. The molecule has 23 heavy (non-hydrogen) atoms. The van der Waals surface area contributed by atoms with Gasteiger partial charge in [0.15, 0.2) is 0 Å². The van der Waals surface area contributed by atoms with E-state index >= 15 is 0 Å². The third-order valence-corrected chi connectivity index (χ3v) is 6.34. The number of hydrogen-bond donors (Lipinski definition) is 2. The maximum absolute atomic E-state index is 10.1. The van der Waals surface area contributed by atoms with Gasteiger partial charge in [0, 0.05) is 0 Å². The Bertz CT molecular complexity index is 723. The summed E-state index contributed by atoms with van der Waals surface area (Å²) in [6.45, 7) is 0. The van der Waals surface area contributed by atoms with Gasteiger partial charge >= 0.3 is 0 Å². The molecule has 0 aromatic heterocycles. The van der Waals surface area contributed by atoms with E-state index in [1.165, 1.54) is 42.4 Å². The molecule has 2 aliphatic rings. The first-order valence-corrected chi connectivity index (χ1v) is 9.23. The Morgan fingerprint density at radius 1 is 0.913 bits per heavy atom. The van der Waals surface area contributed by atoms with Gasteiger partial charge in [-0.25, -0.2) is 0 Å². The van der Waals surface area contributed by atoms with E-state index in [2.05, 4.69) is 34.1 Å². The van der Waals surface area contributed by atoms with E-state index in [4.69, 9.17) is 0 Å². The van der Waals surface area contributed by atoms with Gasteiger partial charge < -0.3 is 10.2 Å². The molecule has 0 bridgehead atoms. The van der Waals surface area contributed by atoms with Crippen molar-refractivity contribution < 1.29 is 10.2 Å². The number of benzene rings is 2. The second kappa shape index (κ2) is 5.86. The summed E-state index contributed by atoms with van der Waals surface area (Å²) in [5, 5.41) is 19.7. The molecule has 0 spiro atoms. The van der Waals surface area contributed by atoms with Gasteiger partial charge in [0.2, 0.25) is 0 Å². The highest BCUT2D eigenvalue weighted by Crippen LogP contribution is 2.52. The van der Waals surface area contributed by atoms with Crippen molar-refractivity contribution in [3.8, 4) is 11.5 Å². The van der Waals surface area contributed by atoms with Crippen molar-refractivity contribution >= 4 is 15.9 Å². The van der Waals surface area contributed by atoms with E-state index in [1.54, 1.807) is 12.1 Å². The van der Waals surface area contributed by atoms with Crippen molar-refractivity contribution in [1.82, 2.24) is 0 Å². The van der Waals surface area contributed by atoms with Crippen LogP contribution in [0, 0.1) is 5.92 Å². The average molecular weight is 373 g/mol. The van der Waals surface area contributed by atoms with Gasteiger partial charge in [-0.3, -0.25) is 0 Å². The zero-order valence-electron chi connectivity index (χ0n) is 13.0. The molecule has 2 nitrogen and oxygen atoms in total. The topological polar surface area (TPSA) is 40.5 Å². The Balaban J connectivity index is 1.79. The highest BCUT2D eigenvalue weighted by atomic mass is 79.9. The van der Waals surface area contributed by atoms with Crippen LogP contribution in [0.4, 0.5) is 0 Å². The standard InChI is InChI=1S/C20H21BrO2/c21-19-10-13-9-17(12-5-7-14(22)8-6-12)15-3-1-2-4-16(15)18(13)11-20(19)23/h5-8,10-11,15-17,22-23H,1-4,9H2. The summed E-state index contributed by atoms with van der Waals surface area (Å²) in [4.78, 5) is 0. The van der Waals surface area contributed by atoms with E-state index in [9.17, 15) is 10.2 Å². The highest BCUT2D eigenvalue weighted by Gasteiger charge is 2.39. The first-order chi connectivity index (χ1) is 11.1. The Morgan fingerprint density at radius 2 is 1.65 bits per heavy atom. The molecule has 1 saturated carbocycles. The number of phenolic OH excluding ortho intramolecular Hbond substituents is 2. The van der Waals surface area contributed by atoms with Crippen LogP contribution in [0.3, 0.4) is 0 Å². The fraction of sp³-hybridized carbons (Fsp3) is 0.400. The lowest BCUT2D eigenvalue weighted by atomic mass is 9.61. The first-order valence-electron chi connectivity index (χ1n) is 8.43. The van der Waals surface area contributed by atoms with Gasteiger partial charge in [0.05, 0.1) is 4.47 Å². The van der Waals surface area contributed by atoms with Crippen molar-refractivity contribution in [3.05, 3.63) is 57.6 Å². The highest BCUT2D eigenvalue weighted by molar-refractivity contribution is 9.10. The zero-order valence-corrected chi connectivity index (χ0v) is 14.6. The molecular weight excluding hydrogens is 352 g/mol. The molecule has 0 heterocycles. The molecule has 4 rings (SSSR count). The third-order valence-electron chi connectivity index (χ3n) is 5.71. The number of halogens is 1. The van der Waals surface area contributed by atoms with Crippen LogP contribution in [-0.4, -0.2) is 10.2 Å². The molecule has 0 radical (unpaired) electrons. The van der Waals surface area contributed by atoms with Crippen LogP contribution < -0.4 is 0 Å². The minimum atomic E-state index is 0.331. The molecule has 2 aliphatic carbocycles. The number of hydrogen-bond acceptors (Lipinski definition) is 2. The van der Waals surface area contributed by atoms with E-state index in [0.717, 1.165) is 10.9 Å². The van der Waals surface area contributed by atoms with Crippen LogP contribution in [0.15, 0.2) is 40.9 Å². The van der Waals surface area contributed by atoms with Crippen LogP contribution in [0.25, 0.3) is 0 Å². The van der Waals surface area contributed by atoms with Gasteiger partial charge in [-0.15, -0.1) is 0 Å². The van der Waals surface area contributed by atoms with Gasteiger partial charge in [0.25, 0.3) is 0 Å². The third kappa shape index (κ3) is 2.65. The summed E-state index contributed by atoms with van der Waals surface area (Å²) >= 11 is 3.46. The largest absolute Gasteiger partial charge is 0.508 e. The van der Waals surface area contributed by atoms with Gasteiger partial charge in [-0.05, 0) is 93.9 Å². The predicted molar refractivity (Wildman–Crippen MR) is 95.1 cm³/mol. The van der Waals surface area contributed by atoms with E-state index in [0.29, 0.717) is 29.3 Å². The molecule has 2 aromatic rings. The van der Waals surface area contributed by atoms with E-state index in [1.807, 2.05) is 6.07 Å². The van der Waals surface area contributed by atoms with Crippen molar-refractivity contribution in [1.29, 1.82) is 0 Å². The average Bonchev–Trinajstić information content (AvgIpc) is 2.56. The molecule has 0 aliphatic heterocycles. The quantitative estimate of drug-likeness (QED) is 0.696. The zero-order chi connectivity index (χ0) is 16.0. The van der Waals surface area contributed by atoms with Gasteiger partial charge in [0.1, 0.15) is 11.5 Å². The summed E-state index contributed by atoms with van der Waals surface area (Å²) in [6.07, 6.45) is 6.06. The van der Waals surface area contributed by atoms with Crippen molar-refractivity contribution in [3.63, 3.8) is 0 Å². The first kappa shape index (κ1) is 15.1. The minimum Gasteiger partial charge on any atom is -0.508 e. The van der Waals surface area contributed by atoms with Crippen molar-refractivity contribution in [2.24, 2.45) is 5.92 Å². The molecule has 3 heteroatoms. The lowest BCUT2D eigenvalue weighted by molar-refractivity contribution is 0.242. The summed E-state index contributed by atoms with van der Waals surface area (Å²) < 4.78 is 0.787. The normalized spacial score (nSPS) is 26.4. The van der Waals surface area contributed by atoms with Crippen LogP contribution in [0.2, 0.25) is 0 Å². The number of aromatic hydroxyl groups is 2. The molecule has 2 aromatic carbocycles. The Hall–Kier alpha value is -1.48. The van der Waals surface area contributed by atoms with Crippen LogP contribution in [-0.2, 0) is 6.42 Å². The SMILES string of the molecule is Oc1ccc(C2Cc3cc(Br)c(O)cc3C3CCCCC23)cc1. The maximum atomic E-state index is 10.1. The fourth-order valence-electron chi connectivity index (χ4n) is 4.64. The molecule has 3 unspecified atom stereocenters. The molecule has 120 valence electrons. The summed E-state index contributed by atoms with van der Waals surface area (Å²) in [5.74, 6) is 2.38.